The molecule has 0 saturated heterocycles. The molecule has 0 aromatic carbocycles. The van der Waals surface area contributed by atoms with Crippen LogP contribution < -0.4 is 0 Å². The Kier molecular flexibility index (Phi) is 4.76. The van der Waals surface area contributed by atoms with Gasteiger partial charge in [-0.1, -0.05) is 23.2 Å². The van der Waals surface area contributed by atoms with Gasteiger partial charge in [0.2, 0.25) is 0 Å². The van der Waals surface area contributed by atoms with E-state index in [1.165, 1.54) is 12.1 Å². The second-order valence-corrected chi connectivity index (χ2v) is 3.84. The van der Waals surface area contributed by atoms with Gasteiger partial charge in [-0.15, -0.1) is 0 Å². The Morgan fingerprint density at radius 1 is 1.20 bits per heavy atom. The van der Waals surface area contributed by atoms with Crippen molar-refractivity contribution in [2.75, 3.05) is 6.61 Å². The molecule has 2 atom stereocenters. The van der Waals surface area contributed by atoms with E-state index in [1.54, 1.807) is 0 Å². The molecule has 0 radical (unpaired) electrons. The largest absolute Gasteiger partial charge is 0.396 e. The molecule has 0 aliphatic heterocycles. The highest BCUT2D eigenvalue weighted by molar-refractivity contribution is 6.32. The summed E-state index contributed by atoms with van der Waals surface area (Å²) >= 11 is 11.3. The molecule has 0 bridgehead atoms. The Hall–Kier alpha value is -0.390. The minimum Gasteiger partial charge on any atom is -0.396 e. The van der Waals surface area contributed by atoms with E-state index in [2.05, 4.69) is 4.98 Å². The lowest BCUT2D eigenvalue weighted by molar-refractivity contribution is 0.00419. The molecule has 4 nitrogen and oxygen atoms in total. The van der Waals surface area contributed by atoms with Crippen LogP contribution >= 0.6 is 23.2 Å². The molecule has 0 saturated carbocycles. The molecular formula is C9H11Cl2NO3. The highest BCUT2D eigenvalue weighted by Crippen LogP contribution is 2.23. The van der Waals surface area contributed by atoms with Gasteiger partial charge in [-0.05, 0) is 24.1 Å². The topological polar surface area (TPSA) is 73.6 Å². The second-order valence-electron chi connectivity index (χ2n) is 3.07. The Morgan fingerprint density at radius 3 is 2.20 bits per heavy atom. The molecule has 1 aromatic heterocycles. The SMILES string of the molecule is OCCC(O)C(O)c1cc(Cl)nc(Cl)c1. The molecule has 0 amide bonds. The average molecular weight is 252 g/mol. The summed E-state index contributed by atoms with van der Waals surface area (Å²) < 4.78 is 0. The summed E-state index contributed by atoms with van der Waals surface area (Å²) in [5, 5.41) is 28.0. The summed E-state index contributed by atoms with van der Waals surface area (Å²) in [5.41, 5.74) is 0.376. The van der Waals surface area contributed by atoms with Crippen LogP contribution in [-0.4, -0.2) is 33.0 Å². The van der Waals surface area contributed by atoms with E-state index in [1.807, 2.05) is 0 Å². The van der Waals surface area contributed by atoms with Crippen LogP contribution in [0.3, 0.4) is 0 Å². The lowest BCUT2D eigenvalue weighted by Crippen LogP contribution is -2.19. The van der Waals surface area contributed by atoms with Gasteiger partial charge in [-0.2, -0.15) is 0 Å². The third-order valence-corrected chi connectivity index (χ3v) is 2.30. The molecule has 2 unspecified atom stereocenters. The number of rotatable bonds is 4. The smallest absolute Gasteiger partial charge is 0.131 e. The molecule has 6 heteroatoms. The Labute approximate surface area is 97.1 Å². The first-order valence-electron chi connectivity index (χ1n) is 4.34. The van der Waals surface area contributed by atoms with Crippen LogP contribution in [0.4, 0.5) is 0 Å². The van der Waals surface area contributed by atoms with Crippen molar-refractivity contribution in [2.24, 2.45) is 0 Å². The maximum Gasteiger partial charge on any atom is 0.131 e. The zero-order valence-electron chi connectivity index (χ0n) is 7.77. The molecule has 0 fully saturated rings. The fourth-order valence-electron chi connectivity index (χ4n) is 1.17. The maximum atomic E-state index is 9.66. The van der Waals surface area contributed by atoms with Crippen LogP contribution in [0.1, 0.15) is 18.1 Å². The normalized spacial score (nSPS) is 15.0. The fraction of sp³-hybridized carbons (Fsp3) is 0.444. The first kappa shape index (κ1) is 12.7. The van der Waals surface area contributed by atoms with Crippen LogP contribution in [0.25, 0.3) is 0 Å². The maximum absolute atomic E-state index is 9.66. The minimum atomic E-state index is -1.13. The lowest BCUT2D eigenvalue weighted by Gasteiger charge is -2.17. The van der Waals surface area contributed by atoms with Gasteiger partial charge in [0.25, 0.3) is 0 Å². The summed E-state index contributed by atoms with van der Waals surface area (Å²) in [5.74, 6) is 0. The fourth-order valence-corrected chi connectivity index (χ4v) is 1.64. The number of aromatic nitrogens is 1. The third-order valence-electron chi connectivity index (χ3n) is 1.92. The van der Waals surface area contributed by atoms with Crippen molar-refractivity contribution in [1.29, 1.82) is 0 Å². The lowest BCUT2D eigenvalue weighted by atomic mass is 10.0. The van der Waals surface area contributed by atoms with Crippen LogP contribution in [0.2, 0.25) is 10.3 Å². The predicted octanol–water partition coefficient (Wildman–Crippen LogP) is 1.17. The van der Waals surface area contributed by atoms with Gasteiger partial charge in [0.15, 0.2) is 0 Å². The summed E-state index contributed by atoms with van der Waals surface area (Å²) in [4.78, 5) is 3.71. The van der Waals surface area contributed by atoms with Crippen molar-refractivity contribution < 1.29 is 15.3 Å². The second kappa shape index (κ2) is 5.63. The molecule has 3 N–H and O–H groups in total. The molecule has 0 aliphatic rings. The van der Waals surface area contributed by atoms with E-state index in [0.29, 0.717) is 5.56 Å². The summed E-state index contributed by atoms with van der Waals surface area (Å²) in [6.45, 7) is -0.204. The summed E-state index contributed by atoms with van der Waals surface area (Å²) in [7, 11) is 0. The zero-order chi connectivity index (χ0) is 11.4. The molecule has 1 heterocycles. The van der Waals surface area contributed by atoms with Gasteiger partial charge in [-0.3, -0.25) is 0 Å². The van der Waals surface area contributed by atoms with Crippen molar-refractivity contribution in [1.82, 2.24) is 4.98 Å². The number of hydrogen-bond donors (Lipinski definition) is 3. The van der Waals surface area contributed by atoms with Gasteiger partial charge >= 0.3 is 0 Å². The van der Waals surface area contributed by atoms with Crippen LogP contribution in [0, 0.1) is 0 Å². The number of nitrogens with zero attached hydrogens (tertiary/aromatic N) is 1. The van der Waals surface area contributed by atoms with Gasteiger partial charge in [0.05, 0.1) is 6.10 Å². The molecule has 1 aromatic rings. The third kappa shape index (κ3) is 3.59. The van der Waals surface area contributed by atoms with E-state index in [4.69, 9.17) is 28.3 Å². The van der Waals surface area contributed by atoms with Crippen molar-refractivity contribution in [3.8, 4) is 0 Å². The summed E-state index contributed by atoms with van der Waals surface area (Å²) in [6.07, 6.45) is -2.10. The first-order valence-corrected chi connectivity index (χ1v) is 5.10. The van der Waals surface area contributed by atoms with Gasteiger partial charge < -0.3 is 15.3 Å². The highest BCUT2D eigenvalue weighted by Gasteiger charge is 2.18. The molecule has 1 rings (SSSR count). The highest BCUT2D eigenvalue weighted by atomic mass is 35.5. The average Bonchev–Trinajstić information content (AvgIpc) is 2.15. The van der Waals surface area contributed by atoms with E-state index in [9.17, 15) is 10.2 Å². The number of halogens is 2. The van der Waals surface area contributed by atoms with E-state index >= 15 is 0 Å². The molecule has 0 spiro atoms. The van der Waals surface area contributed by atoms with Crippen molar-refractivity contribution >= 4 is 23.2 Å². The molecule has 84 valence electrons. The first-order chi connectivity index (χ1) is 7.04. The number of pyridine rings is 1. The predicted molar refractivity (Wildman–Crippen MR) is 56.9 cm³/mol. The zero-order valence-corrected chi connectivity index (χ0v) is 9.28. The number of hydrogen-bond acceptors (Lipinski definition) is 4. The number of aliphatic hydroxyl groups is 3. The Morgan fingerprint density at radius 2 is 1.73 bits per heavy atom. The van der Waals surface area contributed by atoms with Crippen molar-refractivity contribution in [2.45, 2.75) is 18.6 Å². The Balaban J connectivity index is 2.85. The van der Waals surface area contributed by atoms with E-state index < -0.39 is 12.2 Å². The van der Waals surface area contributed by atoms with Crippen LogP contribution in [-0.2, 0) is 0 Å². The van der Waals surface area contributed by atoms with Gasteiger partial charge in [0, 0.05) is 6.61 Å². The molecule has 15 heavy (non-hydrogen) atoms. The quantitative estimate of drug-likeness (QED) is 0.703. The Bertz CT molecular complexity index is 315. The standard InChI is InChI=1S/C9H11Cl2NO3/c10-7-3-5(4-8(11)12-7)9(15)6(14)1-2-13/h3-4,6,9,13-15H,1-2H2. The molecule has 0 aliphatic carbocycles. The van der Waals surface area contributed by atoms with E-state index in [0.717, 1.165) is 0 Å². The van der Waals surface area contributed by atoms with Gasteiger partial charge in [0.1, 0.15) is 16.4 Å². The molecular weight excluding hydrogens is 241 g/mol. The monoisotopic (exact) mass is 251 g/mol. The van der Waals surface area contributed by atoms with E-state index in [-0.39, 0.29) is 23.3 Å². The van der Waals surface area contributed by atoms with Gasteiger partial charge in [-0.25, -0.2) is 4.98 Å². The van der Waals surface area contributed by atoms with Crippen molar-refractivity contribution in [3.63, 3.8) is 0 Å². The summed E-state index contributed by atoms with van der Waals surface area (Å²) in [6, 6.07) is 2.83. The van der Waals surface area contributed by atoms with Crippen LogP contribution in [0.5, 0.6) is 0 Å². The minimum absolute atomic E-state index is 0.0821. The number of aliphatic hydroxyl groups excluding tert-OH is 3. The van der Waals surface area contributed by atoms with Crippen molar-refractivity contribution in [3.05, 3.63) is 28.0 Å². The van der Waals surface area contributed by atoms with Crippen LogP contribution in [0.15, 0.2) is 12.1 Å².